The minimum atomic E-state index is -0.286. The number of nitrogens with one attached hydrogen (secondary N) is 2. The molecule has 30 heavy (non-hydrogen) atoms. The van der Waals surface area contributed by atoms with Gasteiger partial charge < -0.3 is 15.7 Å². The largest absolute Gasteiger partial charge is 0.395 e. The molecule has 0 bridgehead atoms. The molecule has 4 aliphatic rings. The summed E-state index contributed by atoms with van der Waals surface area (Å²) in [7, 11) is 0. The van der Waals surface area contributed by atoms with Crippen LogP contribution in [0, 0.1) is 46.3 Å². The summed E-state index contributed by atoms with van der Waals surface area (Å²) in [6.07, 6.45) is 18.5. The molecule has 0 amide bonds. The first-order valence-electron chi connectivity index (χ1n) is 12.6. The van der Waals surface area contributed by atoms with Gasteiger partial charge in [0.25, 0.3) is 0 Å². The van der Waals surface area contributed by atoms with Gasteiger partial charge in [-0.2, -0.15) is 0 Å². The molecule has 0 aliphatic heterocycles. The Bertz CT molecular complexity index is 708. The third-order valence-corrected chi connectivity index (χ3v) is 10.1. The lowest BCUT2D eigenvalue weighted by Gasteiger charge is -2.59. The molecule has 0 heterocycles. The third-order valence-electron chi connectivity index (χ3n) is 10.1. The zero-order chi connectivity index (χ0) is 21.6. The molecule has 3 saturated carbocycles. The summed E-state index contributed by atoms with van der Waals surface area (Å²) in [5, 5.41) is 17.5. The molecule has 0 aromatic rings. The minimum Gasteiger partial charge on any atom is -0.395 e. The van der Waals surface area contributed by atoms with Crippen LogP contribution in [0.2, 0.25) is 0 Å². The lowest BCUT2D eigenvalue weighted by atomic mass is 9.45. The van der Waals surface area contributed by atoms with E-state index in [2.05, 4.69) is 50.3 Å². The molecule has 3 N–H and O–H groups in total. The monoisotopic (exact) mass is 412 g/mol. The van der Waals surface area contributed by atoms with E-state index in [0.717, 1.165) is 31.3 Å². The SMILES string of the molecule is C#C[C@]1(CO)CCC2C3CCC4=C[C@@H](NCCNC(C)C)CC[C@]4(C)C3CC[C@@]21C. The Balaban J connectivity index is 1.47. The van der Waals surface area contributed by atoms with Crippen molar-refractivity contribution in [3.05, 3.63) is 11.6 Å². The van der Waals surface area contributed by atoms with Gasteiger partial charge in [-0.3, -0.25) is 0 Å². The Morgan fingerprint density at radius 1 is 1.10 bits per heavy atom. The fourth-order valence-corrected chi connectivity index (χ4v) is 8.18. The molecule has 7 atom stereocenters. The normalized spacial score (nSPS) is 45.3. The van der Waals surface area contributed by atoms with Crippen LogP contribution < -0.4 is 10.6 Å². The number of allylic oxidation sites excluding steroid dienone is 1. The van der Waals surface area contributed by atoms with Crippen LogP contribution >= 0.6 is 0 Å². The van der Waals surface area contributed by atoms with Crippen molar-refractivity contribution in [2.75, 3.05) is 19.7 Å². The fraction of sp³-hybridized carbons (Fsp3) is 0.852. The zero-order valence-electron chi connectivity index (χ0n) is 19.8. The first kappa shape index (κ1) is 22.4. The van der Waals surface area contributed by atoms with Crippen molar-refractivity contribution in [3.63, 3.8) is 0 Å². The quantitative estimate of drug-likeness (QED) is 0.341. The van der Waals surface area contributed by atoms with Gasteiger partial charge in [0.05, 0.1) is 12.0 Å². The number of hydrogen-bond acceptors (Lipinski definition) is 3. The smallest absolute Gasteiger partial charge is 0.0602 e. The molecule has 0 aromatic carbocycles. The van der Waals surface area contributed by atoms with Gasteiger partial charge in [-0.05, 0) is 80.0 Å². The maximum atomic E-state index is 10.2. The average Bonchev–Trinajstić information content (AvgIpc) is 3.03. The van der Waals surface area contributed by atoms with E-state index in [-0.39, 0.29) is 17.4 Å². The number of fused-ring (bicyclic) bond motifs is 5. The Morgan fingerprint density at radius 3 is 2.57 bits per heavy atom. The molecule has 0 radical (unpaired) electrons. The van der Waals surface area contributed by atoms with E-state index in [0.29, 0.717) is 23.4 Å². The third kappa shape index (κ3) is 3.39. The maximum absolute atomic E-state index is 10.2. The first-order valence-corrected chi connectivity index (χ1v) is 12.6. The van der Waals surface area contributed by atoms with E-state index in [1.54, 1.807) is 5.57 Å². The number of rotatable bonds is 6. The molecule has 4 aliphatic carbocycles. The minimum absolute atomic E-state index is 0.122. The molecule has 0 saturated heterocycles. The van der Waals surface area contributed by atoms with Gasteiger partial charge in [0.1, 0.15) is 0 Å². The average molecular weight is 413 g/mol. The van der Waals surface area contributed by atoms with Crippen LogP contribution in [0.25, 0.3) is 0 Å². The number of terminal acetylenes is 1. The topological polar surface area (TPSA) is 44.3 Å². The lowest BCUT2D eigenvalue weighted by Crippen LogP contribution is -2.53. The van der Waals surface area contributed by atoms with Crippen molar-refractivity contribution in [2.45, 2.75) is 91.1 Å². The predicted molar refractivity (Wildman–Crippen MR) is 125 cm³/mol. The highest BCUT2D eigenvalue weighted by Crippen LogP contribution is 2.69. The second-order valence-corrected chi connectivity index (χ2v) is 11.6. The molecule has 0 spiro atoms. The summed E-state index contributed by atoms with van der Waals surface area (Å²) < 4.78 is 0. The molecule has 3 unspecified atom stereocenters. The van der Waals surface area contributed by atoms with Gasteiger partial charge in [0, 0.05) is 25.2 Å². The van der Waals surface area contributed by atoms with Crippen LogP contribution in [-0.4, -0.2) is 36.9 Å². The summed E-state index contributed by atoms with van der Waals surface area (Å²) in [5.74, 6) is 5.36. The number of aliphatic hydroxyl groups excluding tert-OH is 1. The zero-order valence-corrected chi connectivity index (χ0v) is 19.8. The van der Waals surface area contributed by atoms with Gasteiger partial charge in [-0.15, -0.1) is 6.42 Å². The Kier molecular flexibility index (Phi) is 6.17. The van der Waals surface area contributed by atoms with Gasteiger partial charge in [-0.1, -0.05) is 45.3 Å². The van der Waals surface area contributed by atoms with E-state index in [9.17, 15) is 5.11 Å². The molecular weight excluding hydrogens is 368 g/mol. The second-order valence-electron chi connectivity index (χ2n) is 11.6. The Labute approximate surface area is 184 Å². The van der Waals surface area contributed by atoms with E-state index in [1.807, 2.05) is 0 Å². The number of aliphatic hydroxyl groups is 1. The standard InChI is InChI=1S/C27H44N2O/c1-6-27(18-30)14-11-24-22-8-7-20-17-21(29-16-15-28-19(2)3)9-12-25(20,4)23(22)10-13-26(24,27)5/h1,17,19,21-24,28-30H,7-16,18H2,2-5H3/t21-,22?,23?,24?,25-,26-,27+/m0/s1. The fourth-order valence-electron chi connectivity index (χ4n) is 8.18. The van der Waals surface area contributed by atoms with Crippen molar-refractivity contribution < 1.29 is 5.11 Å². The summed E-state index contributed by atoms with van der Waals surface area (Å²) in [5.41, 5.74) is 1.94. The Hall–Kier alpha value is -0.820. The highest BCUT2D eigenvalue weighted by Gasteiger charge is 2.63. The summed E-state index contributed by atoms with van der Waals surface area (Å²) >= 11 is 0. The second kappa shape index (κ2) is 8.27. The predicted octanol–water partition coefficient (Wildman–Crippen LogP) is 4.52. The summed E-state index contributed by atoms with van der Waals surface area (Å²) in [4.78, 5) is 0. The number of hydrogen-bond donors (Lipinski definition) is 3. The highest BCUT2D eigenvalue weighted by atomic mass is 16.3. The Morgan fingerprint density at radius 2 is 1.87 bits per heavy atom. The molecule has 4 rings (SSSR count). The van der Waals surface area contributed by atoms with Gasteiger partial charge >= 0.3 is 0 Å². The highest BCUT2D eigenvalue weighted by molar-refractivity contribution is 5.28. The molecule has 0 aromatic heterocycles. The van der Waals surface area contributed by atoms with Gasteiger partial charge in [-0.25, -0.2) is 0 Å². The van der Waals surface area contributed by atoms with E-state index in [1.165, 1.54) is 44.9 Å². The lowest BCUT2D eigenvalue weighted by molar-refractivity contribution is -0.0762. The van der Waals surface area contributed by atoms with E-state index < -0.39 is 0 Å². The molecule has 3 heteroatoms. The van der Waals surface area contributed by atoms with Crippen LogP contribution in [0.3, 0.4) is 0 Å². The van der Waals surface area contributed by atoms with Crippen molar-refractivity contribution in [1.29, 1.82) is 0 Å². The molecule has 168 valence electrons. The molecular formula is C27H44N2O. The molecule has 3 fully saturated rings. The molecule has 3 nitrogen and oxygen atoms in total. The van der Waals surface area contributed by atoms with Crippen LogP contribution in [0.1, 0.15) is 79.1 Å². The summed E-state index contributed by atoms with van der Waals surface area (Å²) in [6.45, 7) is 11.7. The van der Waals surface area contributed by atoms with Crippen LogP contribution in [0.5, 0.6) is 0 Å². The van der Waals surface area contributed by atoms with Crippen molar-refractivity contribution >= 4 is 0 Å². The van der Waals surface area contributed by atoms with E-state index in [4.69, 9.17) is 6.42 Å². The summed E-state index contributed by atoms with van der Waals surface area (Å²) in [6, 6.07) is 1.10. The maximum Gasteiger partial charge on any atom is 0.0602 e. The van der Waals surface area contributed by atoms with Crippen molar-refractivity contribution in [1.82, 2.24) is 10.6 Å². The van der Waals surface area contributed by atoms with Crippen molar-refractivity contribution in [2.24, 2.45) is 34.0 Å². The van der Waals surface area contributed by atoms with Crippen molar-refractivity contribution in [3.8, 4) is 12.3 Å². The van der Waals surface area contributed by atoms with Crippen LogP contribution in [0.15, 0.2) is 11.6 Å². The van der Waals surface area contributed by atoms with Gasteiger partial charge in [0.15, 0.2) is 0 Å². The van der Waals surface area contributed by atoms with Crippen LogP contribution in [0.4, 0.5) is 0 Å². The first-order chi connectivity index (χ1) is 14.3. The van der Waals surface area contributed by atoms with E-state index >= 15 is 0 Å². The van der Waals surface area contributed by atoms with Gasteiger partial charge in [0.2, 0.25) is 0 Å². The van der Waals surface area contributed by atoms with Crippen LogP contribution in [-0.2, 0) is 0 Å².